The molecule has 2 saturated carbocycles. The van der Waals surface area contributed by atoms with Gasteiger partial charge in [-0.25, -0.2) is 0 Å². The zero-order chi connectivity index (χ0) is 39.3. The number of aldehydes is 1. The molecule has 0 aromatic heterocycles. The van der Waals surface area contributed by atoms with E-state index in [4.69, 9.17) is 24.7 Å². The second-order valence-corrected chi connectivity index (χ2v) is 17.2. The number of benzene rings is 1. The number of hydrogen-bond acceptors (Lipinski definition) is 10. The Morgan fingerprint density at radius 1 is 1.00 bits per heavy atom. The molecular formula is C42H69N3O9. The van der Waals surface area contributed by atoms with Crippen molar-refractivity contribution in [1.82, 2.24) is 10.2 Å². The molecule has 1 aromatic carbocycles. The van der Waals surface area contributed by atoms with Crippen LogP contribution in [0, 0.1) is 28.6 Å². The van der Waals surface area contributed by atoms with Crippen molar-refractivity contribution in [2.75, 3.05) is 66.4 Å². The summed E-state index contributed by atoms with van der Waals surface area (Å²) in [5, 5.41) is 23.7. The molecule has 1 aliphatic heterocycles. The van der Waals surface area contributed by atoms with Crippen LogP contribution in [0.15, 0.2) is 18.2 Å². The van der Waals surface area contributed by atoms with Gasteiger partial charge in [-0.1, -0.05) is 40.2 Å². The summed E-state index contributed by atoms with van der Waals surface area (Å²) in [6, 6.07) is 5.45. The van der Waals surface area contributed by atoms with Crippen molar-refractivity contribution in [2.45, 2.75) is 116 Å². The fraction of sp³-hybridized carbons (Fsp3) is 0.786. The van der Waals surface area contributed by atoms with E-state index < -0.39 is 6.04 Å². The summed E-state index contributed by atoms with van der Waals surface area (Å²) < 4.78 is 22.2. The molecule has 3 aliphatic carbocycles. The number of rotatable bonds is 19. The van der Waals surface area contributed by atoms with E-state index >= 15 is 0 Å². The zero-order valence-corrected chi connectivity index (χ0v) is 33.6. The van der Waals surface area contributed by atoms with Gasteiger partial charge in [0, 0.05) is 6.61 Å². The number of nitrogens with zero attached hydrogens (tertiary/aromatic N) is 1. The molecule has 0 radical (unpaired) electrons. The van der Waals surface area contributed by atoms with Crippen LogP contribution in [0.3, 0.4) is 0 Å². The Kier molecular flexibility index (Phi) is 17.2. The van der Waals surface area contributed by atoms with Crippen LogP contribution in [-0.2, 0) is 39.8 Å². The molecule has 5 N–H and O–H groups in total. The van der Waals surface area contributed by atoms with Crippen molar-refractivity contribution in [2.24, 2.45) is 34.3 Å². The van der Waals surface area contributed by atoms with Gasteiger partial charge < -0.3 is 45.0 Å². The number of carbonyl (C=O) groups is 3. The Hall–Kier alpha value is -2.61. The van der Waals surface area contributed by atoms with E-state index in [1.54, 1.807) is 0 Å². The van der Waals surface area contributed by atoms with E-state index in [9.17, 15) is 24.6 Å². The van der Waals surface area contributed by atoms with Gasteiger partial charge in [-0.3, -0.25) is 14.5 Å². The number of aliphatic hydroxyl groups is 1. The standard InChI is InChI=1S/C36H57NO8.C6H12N2O/c1-35(2,3)31(23-38)37-33(41)24-45-20-19-44-18-17-43-16-15-42-14-6-5-7-25-21-26-22-27(39)8-9-28(26)29-12-13-36(4)30(34(25)29)10-11-32(36)40;1-8-4-2-3-5(8)6(7)9/h8-9,22-23,25,29-32,34,39-40H,5-7,10-21,24H2,1-4H3,(H,37,41);5H,2-4H2,1H3,(H2,7,9)/t25-,29?,30?,31?,32?,34?,36?;/m1./s1. The number of ether oxygens (including phenoxy) is 4. The third-order valence-corrected chi connectivity index (χ3v) is 12.5. The Morgan fingerprint density at radius 2 is 1.67 bits per heavy atom. The summed E-state index contributed by atoms with van der Waals surface area (Å²) in [7, 11) is 1.93. The van der Waals surface area contributed by atoms with Crippen LogP contribution in [0.4, 0.5) is 0 Å². The van der Waals surface area contributed by atoms with Crippen molar-refractivity contribution in [3.63, 3.8) is 0 Å². The van der Waals surface area contributed by atoms with Gasteiger partial charge in [-0.2, -0.15) is 0 Å². The van der Waals surface area contributed by atoms with Crippen LogP contribution in [0.5, 0.6) is 5.75 Å². The summed E-state index contributed by atoms with van der Waals surface area (Å²) in [6.07, 6.45) is 11.2. The van der Waals surface area contributed by atoms with Crippen LogP contribution in [0.1, 0.15) is 103 Å². The second-order valence-electron chi connectivity index (χ2n) is 17.2. The van der Waals surface area contributed by atoms with Gasteiger partial charge in [0.1, 0.15) is 18.6 Å². The number of hydrogen-bond donors (Lipinski definition) is 4. The number of phenolic OH excluding ortho intramolecular Hbond substituents is 1. The molecule has 54 heavy (non-hydrogen) atoms. The third kappa shape index (κ3) is 12.2. The lowest BCUT2D eigenvalue weighted by molar-refractivity contribution is -0.130. The van der Waals surface area contributed by atoms with Gasteiger partial charge in [-0.05, 0) is 129 Å². The first kappa shape index (κ1) is 44.1. The van der Waals surface area contributed by atoms with Gasteiger partial charge in [0.05, 0.1) is 57.8 Å². The smallest absolute Gasteiger partial charge is 0.246 e. The molecule has 12 heteroatoms. The summed E-state index contributed by atoms with van der Waals surface area (Å²) in [6.45, 7) is 12.2. The van der Waals surface area contributed by atoms with Crippen LogP contribution in [-0.4, -0.2) is 118 Å². The minimum atomic E-state index is -0.548. The topological polar surface area (TPSA) is 170 Å². The Morgan fingerprint density at radius 3 is 2.26 bits per heavy atom. The molecule has 1 heterocycles. The normalized spacial score (nSPS) is 28.3. The number of nitrogens with one attached hydrogen (secondary N) is 1. The first-order valence-electron chi connectivity index (χ1n) is 20.3. The number of unbranched alkanes of at least 4 members (excludes halogenated alkanes) is 1. The van der Waals surface area contributed by atoms with Crippen molar-refractivity contribution in [3.05, 3.63) is 29.3 Å². The van der Waals surface area contributed by atoms with Gasteiger partial charge in [0.2, 0.25) is 11.8 Å². The molecule has 7 unspecified atom stereocenters. The van der Waals surface area contributed by atoms with Crippen molar-refractivity contribution < 1.29 is 43.5 Å². The Bertz CT molecular complexity index is 1340. The third-order valence-electron chi connectivity index (χ3n) is 12.5. The molecular weight excluding hydrogens is 690 g/mol. The fourth-order valence-electron chi connectivity index (χ4n) is 9.41. The second kappa shape index (κ2) is 21.1. The molecule has 1 aromatic rings. The highest BCUT2D eigenvalue weighted by Gasteiger charge is 2.56. The molecule has 3 fully saturated rings. The van der Waals surface area contributed by atoms with Crippen molar-refractivity contribution in [1.29, 1.82) is 0 Å². The average molecular weight is 760 g/mol. The number of amides is 2. The lowest BCUT2D eigenvalue weighted by Crippen LogP contribution is -2.47. The SMILES string of the molecule is CC(C)(C)C(C=O)NC(=O)COCCOCCOCCOCCCC[C@@H]1Cc2cc(O)ccc2C2CCC3(C)C(O)CCC3C21.CN1CCCC1C(N)=O. The fourth-order valence-corrected chi connectivity index (χ4v) is 9.41. The molecule has 306 valence electrons. The highest BCUT2D eigenvalue weighted by atomic mass is 16.6. The summed E-state index contributed by atoms with van der Waals surface area (Å²) >= 11 is 0. The van der Waals surface area contributed by atoms with Crippen LogP contribution >= 0.6 is 0 Å². The molecule has 0 spiro atoms. The van der Waals surface area contributed by atoms with Crippen molar-refractivity contribution >= 4 is 18.1 Å². The zero-order valence-electron chi connectivity index (χ0n) is 33.6. The highest BCUT2D eigenvalue weighted by molar-refractivity contribution is 5.81. The van der Waals surface area contributed by atoms with Crippen LogP contribution in [0.25, 0.3) is 0 Å². The minimum absolute atomic E-state index is 0.00463. The predicted octanol–water partition coefficient (Wildman–Crippen LogP) is 4.37. The number of phenols is 1. The Labute approximate surface area is 323 Å². The number of nitrogens with two attached hydrogens (primary N) is 1. The summed E-state index contributed by atoms with van der Waals surface area (Å²) in [5.74, 6) is 2.16. The lowest BCUT2D eigenvalue weighted by atomic mass is 9.52. The molecule has 2 amide bonds. The van der Waals surface area contributed by atoms with Gasteiger partial charge in [-0.15, -0.1) is 0 Å². The number of carbonyl (C=O) groups excluding carboxylic acids is 3. The molecule has 8 atom stereocenters. The number of primary amides is 1. The van der Waals surface area contributed by atoms with E-state index in [-0.39, 0.29) is 48.0 Å². The molecule has 0 bridgehead atoms. The number of likely N-dealkylation sites (tertiary alicyclic amines) is 1. The maximum absolute atomic E-state index is 11.9. The summed E-state index contributed by atoms with van der Waals surface area (Å²) in [4.78, 5) is 35.7. The number of aliphatic hydroxyl groups excluding tert-OH is 1. The molecule has 12 nitrogen and oxygen atoms in total. The minimum Gasteiger partial charge on any atom is -0.508 e. The van der Waals surface area contributed by atoms with E-state index in [1.807, 2.05) is 44.9 Å². The number of fused-ring (bicyclic) bond motifs is 5. The van der Waals surface area contributed by atoms with E-state index in [2.05, 4.69) is 18.3 Å². The monoisotopic (exact) mass is 760 g/mol. The van der Waals surface area contributed by atoms with E-state index in [0.29, 0.717) is 69.1 Å². The van der Waals surface area contributed by atoms with Gasteiger partial charge in [0.25, 0.3) is 0 Å². The van der Waals surface area contributed by atoms with E-state index in [1.165, 1.54) is 11.1 Å². The van der Waals surface area contributed by atoms with E-state index in [0.717, 1.165) is 77.0 Å². The maximum Gasteiger partial charge on any atom is 0.246 e. The summed E-state index contributed by atoms with van der Waals surface area (Å²) in [5.41, 5.74) is 7.57. The number of aromatic hydroxyl groups is 1. The molecule has 5 rings (SSSR count). The first-order valence-corrected chi connectivity index (χ1v) is 20.3. The molecule has 1 saturated heterocycles. The average Bonchev–Trinajstić information content (AvgIpc) is 3.70. The predicted molar refractivity (Wildman–Crippen MR) is 207 cm³/mol. The Balaban J connectivity index is 0.000000631. The largest absolute Gasteiger partial charge is 0.508 e. The van der Waals surface area contributed by atoms with Gasteiger partial charge in [0.15, 0.2) is 0 Å². The number of likely N-dealkylation sites (N-methyl/N-ethyl adjacent to an activating group) is 1. The van der Waals surface area contributed by atoms with Crippen molar-refractivity contribution in [3.8, 4) is 5.75 Å². The molecule has 4 aliphatic rings. The van der Waals surface area contributed by atoms with Gasteiger partial charge >= 0.3 is 0 Å². The lowest BCUT2D eigenvalue weighted by Gasteiger charge is -2.53. The quantitative estimate of drug-likeness (QED) is 0.117. The van der Waals surface area contributed by atoms with Crippen LogP contribution < -0.4 is 11.1 Å². The first-order chi connectivity index (χ1) is 25.8. The maximum atomic E-state index is 11.9. The highest BCUT2D eigenvalue weighted by Crippen LogP contribution is 2.62. The van der Waals surface area contributed by atoms with Crippen LogP contribution in [0.2, 0.25) is 0 Å².